The Morgan fingerprint density at radius 3 is 2.94 bits per heavy atom. The van der Waals surface area contributed by atoms with Crippen LogP contribution >= 0.6 is 11.3 Å². The molecule has 0 aliphatic rings. The summed E-state index contributed by atoms with van der Waals surface area (Å²) in [4.78, 5) is 13.2. The lowest BCUT2D eigenvalue weighted by Crippen LogP contribution is -2.10. The molecule has 0 saturated carbocycles. The summed E-state index contributed by atoms with van der Waals surface area (Å²) in [6.07, 6.45) is 1.75. The Morgan fingerprint density at radius 2 is 2.22 bits per heavy atom. The summed E-state index contributed by atoms with van der Waals surface area (Å²) in [6, 6.07) is 3.82. The van der Waals surface area contributed by atoms with Gasteiger partial charge in [-0.3, -0.25) is 4.57 Å². The van der Waals surface area contributed by atoms with E-state index in [1.165, 1.54) is 0 Å². The third kappa shape index (κ3) is 1.65. The standard InChI is InChI=1S/C12H13N5S/c1-7-6-18-11(15-7)8(2)17-10-9(16-12(17)13)4-3-5-14-10/h3-6,8H,1-2H3,(H2,13,16). The van der Waals surface area contributed by atoms with Gasteiger partial charge in [0.2, 0.25) is 5.95 Å². The van der Waals surface area contributed by atoms with Crippen LogP contribution in [0.4, 0.5) is 5.95 Å². The van der Waals surface area contributed by atoms with Crippen molar-refractivity contribution >= 4 is 28.4 Å². The summed E-state index contributed by atoms with van der Waals surface area (Å²) in [7, 11) is 0. The molecule has 0 aliphatic heterocycles. The van der Waals surface area contributed by atoms with Crippen LogP contribution in [0.2, 0.25) is 0 Å². The van der Waals surface area contributed by atoms with Crippen LogP contribution in [0.5, 0.6) is 0 Å². The van der Waals surface area contributed by atoms with Gasteiger partial charge in [0, 0.05) is 17.3 Å². The molecule has 2 N–H and O–H groups in total. The van der Waals surface area contributed by atoms with Crippen molar-refractivity contribution < 1.29 is 0 Å². The van der Waals surface area contributed by atoms with E-state index in [0.717, 1.165) is 21.9 Å². The van der Waals surface area contributed by atoms with Gasteiger partial charge in [-0.15, -0.1) is 11.3 Å². The minimum absolute atomic E-state index is 0.0450. The second-order valence-corrected chi connectivity index (χ2v) is 5.08. The van der Waals surface area contributed by atoms with Gasteiger partial charge in [0.25, 0.3) is 0 Å². The van der Waals surface area contributed by atoms with Gasteiger partial charge >= 0.3 is 0 Å². The molecule has 3 rings (SSSR count). The highest BCUT2D eigenvalue weighted by Gasteiger charge is 2.18. The number of thiazole rings is 1. The first-order valence-electron chi connectivity index (χ1n) is 5.67. The van der Waals surface area contributed by atoms with Gasteiger partial charge in [0.05, 0.1) is 6.04 Å². The van der Waals surface area contributed by atoms with Gasteiger partial charge in [0.15, 0.2) is 5.65 Å². The lowest BCUT2D eigenvalue weighted by atomic mass is 10.3. The van der Waals surface area contributed by atoms with Crippen LogP contribution in [0, 0.1) is 6.92 Å². The fourth-order valence-electron chi connectivity index (χ4n) is 2.00. The zero-order valence-corrected chi connectivity index (χ0v) is 11.0. The molecule has 6 heteroatoms. The first kappa shape index (κ1) is 11.2. The molecular formula is C12H13N5S. The Hall–Kier alpha value is -1.95. The fraction of sp³-hybridized carbons (Fsp3) is 0.250. The summed E-state index contributed by atoms with van der Waals surface area (Å²) in [5, 5.41) is 3.05. The lowest BCUT2D eigenvalue weighted by molar-refractivity contribution is 0.656. The van der Waals surface area contributed by atoms with Gasteiger partial charge < -0.3 is 5.73 Å². The number of pyridine rings is 1. The molecule has 0 saturated heterocycles. The first-order valence-corrected chi connectivity index (χ1v) is 6.55. The van der Waals surface area contributed by atoms with Crippen LogP contribution in [0.1, 0.15) is 23.7 Å². The summed E-state index contributed by atoms with van der Waals surface area (Å²) in [6.45, 7) is 4.05. The number of fused-ring (bicyclic) bond motifs is 1. The molecule has 3 aromatic rings. The number of hydrogen-bond donors (Lipinski definition) is 1. The van der Waals surface area contributed by atoms with Crippen molar-refractivity contribution in [3.63, 3.8) is 0 Å². The van der Waals surface area contributed by atoms with Gasteiger partial charge in [-0.05, 0) is 26.0 Å². The summed E-state index contributed by atoms with van der Waals surface area (Å²) in [5.41, 5.74) is 8.63. The Kier molecular flexibility index (Phi) is 2.52. The maximum atomic E-state index is 5.99. The molecule has 18 heavy (non-hydrogen) atoms. The average Bonchev–Trinajstić information content (AvgIpc) is 2.91. The van der Waals surface area contributed by atoms with E-state index in [2.05, 4.69) is 21.9 Å². The van der Waals surface area contributed by atoms with Crippen molar-refractivity contribution in [1.29, 1.82) is 0 Å². The molecule has 92 valence electrons. The molecule has 1 unspecified atom stereocenters. The number of nitrogens with zero attached hydrogens (tertiary/aromatic N) is 4. The second kappa shape index (κ2) is 4.06. The van der Waals surface area contributed by atoms with Crippen molar-refractivity contribution in [2.45, 2.75) is 19.9 Å². The molecule has 0 bridgehead atoms. The molecule has 1 atom stereocenters. The Balaban J connectivity index is 2.16. The van der Waals surface area contributed by atoms with Crippen molar-refractivity contribution in [3.8, 4) is 0 Å². The van der Waals surface area contributed by atoms with E-state index in [-0.39, 0.29) is 6.04 Å². The van der Waals surface area contributed by atoms with E-state index in [9.17, 15) is 0 Å². The van der Waals surface area contributed by atoms with Gasteiger partial charge in [0.1, 0.15) is 10.5 Å². The smallest absolute Gasteiger partial charge is 0.203 e. The number of imidazole rings is 1. The molecule has 0 spiro atoms. The zero-order chi connectivity index (χ0) is 12.7. The maximum absolute atomic E-state index is 5.99. The van der Waals surface area contributed by atoms with Gasteiger partial charge in [-0.25, -0.2) is 15.0 Å². The number of nitrogens with two attached hydrogens (primary N) is 1. The van der Waals surface area contributed by atoms with Crippen LogP contribution in [-0.4, -0.2) is 19.5 Å². The molecular weight excluding hydrogens is 246 g/mol. The third-order valence-electron chi connectivity index (χ3n) is 2.86. The summed E-state index contributed by atoms with van der Waals surface area (Å²) >= 11 is 1.63. The number of hydrogen-bond acceptors (Lipinski definition) is 5. The molecule has 0 amide bonds. The molecule has 5 nitrogen and oxygen atoms in total. The Labute approximate surface area is 108 Å². The number of aryl methyl sites for hydroxylation is 1. The predicted octanol–water partition coefficient (Wildman–Crippen LogP) is 2.39. The summed E-state index contributed by atoms with van der Waals surface area (Å²) < 4.78 is 1.92. The average molecular weight is 259 g/mol. The normalized spacial score (nSPS) is 13.0. The van der Waals surface area contributed by atoms with Crippen LogP contribution in [0.25, 0.3) is 11.2 Å². The minimum Gasteiger partial charge on any atom is -0.369 e. The molecule has 3 aromatic heterocycles. The molecule has 0 radical (unpaired) electrons. The van der Waals surface area contributed by atoms with E-state index in [4.69, 9.17) is 5.73 Å². The molecule has 0 aliphatic carbocycles. The monoisotopic (exact) mass is 259 g/mol. The highest BCUT2D eigenvalue weighted by molar-refractivity contribution is 7.09. The lowest BCUT2D eigenvalue weighted by Gasteiger charge is -2.12. The van der Waals surface area contributed by atoms with Crippen LogP contribution in [0.15, 0.2) is 23.7 Å². The molecule has 0 fully saturated rings. The topological polar surface area (TPSA) is 69.6 Å². The molecule has 3 heterocycles. The van der Waals surface area contributed by atoms with Crippen molar-refractivity contribution in [3.05, 3.63) is 34.4 Å². The van der Waals surface area contributed by atoms with E-state index >= 15 is 0 Å². The highest BCUT2D eigenvalue weighted by atomic mass is 32.1. The maximum Gasteiger partial charge on any atom is 0.203 e. The van der Waals surface area contributed by atoms with Crippen LogP contribution < -0.4 is 5.73 Å². The number of aromatic nitrogens is 4. The van der Waals surface area contributed by atoms with Crippen LogP contribution in [0.3, 0.4) is 0 Å². The van der Waals surface area contributed by atoms with Gasteiger partial charge in [-0.2, -0.15) is 0 Å². The predicted molar refractivity (Wildman–Crippen MR) is 72.6 cm³/mol. The number of nitrogen functional groups attached to an aromatic ring is 1. The Bertz CT molecular complexity index is 699. The van der Waals surface area contributed by atoms with Gasteiger partial charge in [-0.1, -0.05) is 0 Å². The number of rotatable bonds is 2. The van der Waals surface area contributed by atoms with E-state index in [0.29, 0.717) is 5.95 Å². The van der Waals surface area contributed by atoms with Crippen LogP contribution in [-0.2, 0) is 0 Å². The minimum atomic E-state index is 0.0450. The SMILES string of the molecule is Cc1csc(C(C)n2c(N)nc3cccnc32)n1. The van der Waals surface area contributed by atoms with Crippen molar-refractivity contribution in [2.24, 2.45) is 0 Å². The van der Waals surface area contributed by atoms with E-state index in [1.807, 2.05) is 29.0 Å². The zero-order valence-electron chi connectivity index (χ0n) is 10.2. The number of anilines is 1. The second-order valence-electron chi connectivity index (χ2n) is 4.19. The highest BCUT2D eigenvalue weighted by Crippen LogP contribution is 2.27. The third-order valence-corrected chi connectivity index (χ3v) is 3.99. The first-order chi connectivity index (χ1) is 8.66. The molecule has 0 aromatic carbocycles. The van der Waals surface area contributed by atoms with Crippen molar-refractivity contribution in [1.82, 2.24) is 19.5 Å². The Morgan fingerprint density at radius 1 is 1.39 bits per heavy atom. The quantitative estimate of drug-likeness (QED) is 0.767. The summed E-state index contributed by atoms with van der Waals surface area (Å²) in [5.74, 6) is 0.476. The van der Waals surface area contributed by atoms with E-state index < -0.39 is 0 Å². The van der Waals surface area contributed by atoms with Crippen molar-refractivity contribution in [2.75, 3.05) is 5.73 Å². The fourth-order valence-corrected chi connectivity index (χ4v) is 2.85. The largest absolute Gasteiger partial charge is 0.369 e. The van der Waals surface area contributed by atoms with E-state index in [1.54, 1.807) is 17.5 Å².